The number of carbonyl (C=O) groups is 1. The average Bonchev–Trinajstić information content (AvgIpc) is 3.38. The second-order valence-electron chi connectivity index (χ2n) is 9.64. The molecule has 2 heterocycles. The van der Waals surface area contributed by atoms with Gasteiger partial charge in [0.25, 0.3) is 0 Å². The van der Waals surface area contributed by atoms with E-state index in [2.05, 4.69) is 18.3 Å². The van der Waals surface area contributed by atoms with Gasteiger partial charge in [-0.1, -0.05) is 19.1 Å². The Kier molecular flexibility index (Phi) is 4.44. The third-order valence-corrected chi connectivity index (χ3v) is 8.06. The minimum atomic E-state index is 0.00184. The first-order chi connectivity index (χ1) is 13.5. The first kappa shape index (κ1) is 18.4. The van der Waals surface area contributed by atoms with E-state index >= 15 is 0 Å². The number of carbonyl (C=O) groups excluding carboxylic acids is 1. The number of rotatable bonds is 5. The molecule has 2 N–H and O–H groups in total. The van der Waals surface area contributed by atoms with Crippen LogP contribution in [0.15, 0.2) is 24.3 Å². The lowest BCUT2D eigenvalue weighted by atomic mass is 9.53. The van der Waals surface area contributed by atoms with Gasteiger partial charge in [-0.2, -0.15) is 0 Å². The Balaban J connectivity index is 1.27. The van der Waals surface area contributed by atoms with Crippen molar-refractivity contribution in [3.63, 3.8) is 0 Å². The van der Waals surface area contributed by atoms with E-state index in [4.69, 9.17) is 14.2 Å². The lowest BCUT2D eigenvalue weighted by molar-refractivity contribution is -0.675. The molecule has 2 aliphatic carbocycles. The van der Waals surface area contributed by atoms with Crippen LogP contribution in [0.1, 0.15) is 44.6 Å². The highest BCUT2D eigenvalue weighted by molar-refractivity contribution is 5.75. The van der Waals surface area contributed by atoms with Crippen LogP contribution in [0.3, 0.4) is 0 Å². The van der Waals surface area contributed by atoms with Crippen LogP contribution in [0.4, 0.5) is 0 Å². The maximum atomic E-state index is 12.7. The monoisotopic (exact) mass is 386 g/mol. The van der Waals surface area contributed by atoms with Gasteiger partial charge in [0.05, 0.1) is 25.9 Å². The molecular weight excluding hydrogens is 354 g/mol. The number of benzene rings is 1. The van der Waals surface area contributed by atoms with Crippen molar-refractivity contribution >= 4 is 5.97 Å². The fourth-order valence-corrected chi connectivity index (χ4v) is 6.52. The zero-order chi connectivity index (χ0) is 19.4. The summed E-state index contributed by atoms with van der Waals surface area (Å²) in [5, 5.41) is 2.24. The average molecular weight is 387 g/mol. The fourth-order valence-electron chi connectivity index (χ4n) is 6.52. The topological polar surface area (TPSA) is 64.7 Å². The smallest absolute Gasteiger partial charge is 0.315 e. The molecule has 5 rings (SSSR count). The number of quaternary nitrogens is 1. The van der Waals surface area contributed by atoms with Crippen LogP contribution in [0.25, 0.3) is 0 Å². The summed E-state index contributed by atoms with van der Waals surface area (Å²) < 4.78 is 17.4. The van der Waals surface area contributed by atoms with Gasteiger partial charge in [-0.15, -0.1) is 0 Å². The zero-order valence-electron chi connectivity index (χ0n) is 17.0. The third-order valence-electron chi connectivity index (χ3n) is 8.06. The Labute approximate surface area is 167 Å². The Bertz CT molecular complexity index is 761. The number of methoxy groups -OCH3 is 1. The molecule has 2 saturated heterocycles. The summed E-state index contributed by atoms with van der Waals surface area (Å²) >= 11 is 0. The fraction of sp³-hybridized carbons (Fsp3) is 0.696. The highest BCUT2D eigenvalue weighted by Gasteiger charge is 2.65. The van der Waals surface area contributed by atoms with Crippen molar-refractivity contribution in [2.75, 3.05) is 20.3 Å². The maximum absolute atomic E-state index is 12.7. The molecule has 6 atom stereocenters. The van der Waals surface area contributed by atoms with Gasteiger partial charge in [0.2, 0.25) is 0 Å². The highest BCUT2D eigenvalue weighted by Crippen LogP contribution is 2.62. The molecule has 152 valence electrons. The third kappa shape index (κ3) is 2.94. The minimum absolute atomic E-state index is 0.00184. The van der Waals surface area contributed by atoms with Gasteiger partial charge < -0.3 is 19.5 Å². The van der Waals surface area contributed by atoms with Gasteiger partial charge in [-0.25, -0.2) is 0 Å². The quantitative estimate of drug-likeness (QED) is 0.623. The van der Waals surface area contributed by atoms with Gasteiger partial charge in [-0.05, 0) is 55.6 Å². The van der Waals surface area contributed by atoms with E-state index in [9.17, 15) is 4.79 Å². The first-order valence-electron chi connectivity index (χ1n) is 10.8. The second-order valence-corrected chi connectivity index (χ2v) is 9.64. The molecule has 1 spiro atoms. The molecule has 2 saturated carbocycles. The molecule has 0 bridgehead atoms. The first-order valence-corrected chi connectivity index (χ1v) is 10.8. The van der Waals surface area contributed by atoms with Crippen molar-refractivity contribution in [1.29, 1.82) is 0 Å². The number of para-hydroxylation sites is 1. The summed E-state index contributed by atoms with van der Waals surface area (Å²) in [4.78, 5) is 12.7. The molecule has 28 heavy (non-hydrogen) atoms. The van der Waals surface area contributed by atoms with Crippen molar-refractivity contribution in [2.24, 2.45) is 23.2 Å². The second kappa shape index (κ2) is 6.74. The summed E-state index contributed by atoms with van der Waals surface area (Å²) in [7, 11) is 1.71. The van der Waals surface area contributed by atoms with Gasteiger partial charge >= 0.3 is 5.97 Å². The van der Waals surface area contributed by atoms with Crippen LogP contribution in [-0.4, -0.2) is 37.9 Å². The molecule has 0 unspecified atom stereocenters. The predicted molar refractivity (Wildman–Crippen MR) is 104 cm³/mol. The molecule has 0 aromatic heterocycles. The number of hydrogen-bond acceptors (Lipinski definition) is 4. The molecule has 5 heteroatoms. The molecule has 4 aliphatic rings. The van der Waals surface area contributed by atoms with Crippen molar-refractivity contribution in [2.45, 2.75) is 57.3 Å². The number of esters is 1. The molecule has 0 amide bonds. The Hall–Kier alpha value is -1.59. The minimum Gasteiger partial charge on any atom is -0.496 e. The van der Waals surface area contributed by atoms with Crippen LogP contribution < -0.4 is 10.1 Å². The number of fused-ring (bicyclic) bond motifs is 3. The van der Waals surface area contributed by atoms with Crippen LogP contribution in [0.5, 0.6) is 5.75 Å². The highest BCUT2D eigenvalue weighted by atomic mass is 16.6. The van der Waals surface area contributed by atoms with Crippen molar-refractivity contribution < 1.29 is 24.3 Å². The van der Waals surface area contributed by atoms with Crippen molar-refractivity contribution in [1.82, 2.24) is 0 Å². The predicted octanol–water partition coefficient (Wildman–Crippen LogP) is 2.29. The van der Waals surface area contributed by atoms with E-state index in [1.54, 1.807) is 7.11 Å². The normalized spacial score (nSPS) is 41.3. The molecule has 2 aliphatic heterocycles. The number of ether oxygens (including phenoxy) is 3. The summed E-state index contributed by atoms with van der Waals surface area (Å²) in [5.41, 5.74) is 1.56. The SMILES string of the molecule is COc1ccccc1C[NH2+]C[C@H]1C(=O)O[C@@H]2C[C@@]3(C)CCC[C@]4(CO4)[C@H]3C[C@@H]21. The van der Waals surface area contributed by atoms with Crippen LogP contribution in [0, 0.1) is 23.2 Å². The summed E-state index contributed by atoms with van der Waals surface area (Å²) in [6.45, 7) is 4.93. The molecule has 4 fully saturated rings. The molecule has 0 radical (unpaired) electrons. The van der Waals surface area contributed by atoms with Gasteiger partial charge in [0.1, 0.15) is 24.3 Å². The summed E-state index contributed by atoms with van der Waals surface area (Å²) in [6.07, 6.45) is 5.89. The Morgan fingerprint density at radius 2 is 2.11 bits per heavy atom. The standard InChI is InChI=1S/C23H31NO4/c1-22-8-5-9-23(14-27-23)20(22)10-16-17(21(25)28-19(16)11-22)13-24-12-15-6-3-4-7-18(15)26-2/h3-4,6-7,16-17,19-20,24H,5,8-14H2,1-2H3/p+1/t16-,17-,19-,20+,22-,23+/m1/s1. The Morgan fingerprint density at radius 3 is 2.89 bits per heavy atom. The number of epoxide rings is 1. The van der Waals surface area contributed by atoms with E-state index in [0.29, 0.717) is 11.8 Å². The van der Waals surface area contributed by atoms with Crippen LogP contribution >= 0.6 is 0 Å². The number of nitrogens with two attached hydrogens (primary N) is 1. The zero-order valence-corrected chi connectivity index (χ0v) is 17.0. The van der Waals surface area contributed by atoms with Gasteiger partial charge in [-0.3, -0.25) is 4.79 Å². The van der Waals surface area contributed by atoms with E-state index in [0.717, 1.165) is 38.3 Å². The molecule has 1 aromatic carbocycles. The maximum Gasteiger partial charge on any atom is 0.315 e. The van der Waals surface area contributed by atoms with Crippen LogP contribution in [-0.2, 0) is 20.8 Å². The molecule has 5 nitrogen and oxygen atoms in total. The van der Waals surface area contributed by atoms with Gasteiger partial charge in [0.15, 0.2) is 0 Å². The van der Waals surface area contributed by atoms with E-state index in [1.165, 1.54) is 24.8 Å². The van der Waals surface area contributed by atoms with Crippen molar-refractivity contribution in [3.8, 4) is 5.75 Å². The lowest BCUT2D eigenvalue weighted by Crippen LogP contribution is -2.84. The molecular formula is C23H32NO4+. The van der Waals surface area contributed by atoms with E-state index in [-0.39, 0.29) is 29.0 Å². The number of hydrogen-bond donors (Lipinski definition) is 1. The summed E-state index contributed by atoms with van der Waals surface area (Å²) in [6, 6.07) is 8.10. The van der Waals surface area contributed by atoms with E-state index in [1.807, 2.05) is 18.2 Å². The van der Waals surface area contributed by atoms with Crippen LogP contribution in [0.2, 0.25) is 0 Å². The lowest BCUT2D eigenvalue weighted by Gasteiger charge is -2.51. The largest absolute Gasteiger partial charge is 0.496 e. The summed E-state index contributed by atoms with van der Waals surface area (Å²) in [5.74, 6) is 1.86. The Morgan fingerprint density at radius 1 is 1.29 bits per heavy atom. The van der Waals surface area contributed by atoms with Crippen molar-refractivity contribution in [3.05, 3.63) is 29.8 Å². The van der Waals surface area contributed by atoms with Gasteiger partial charge in [0, 0.05) is 11.5 Å². The molecule has 1 aromatic rings. The van der Waals surface area contributed by atoms with E-state index < -0.39 is 0 Å².